The molecule has 2 aliphatic carbocycles. The molecule has 1 unspecified atom stereocenters. The maximum atomic E-state index is 14.7. The molecule has 1 heterocycles. The molecule has 1 saturated heterocycles. The van der Waals surface area contributed by atoms with E-state index in [9.17, 15) is 40.3 Å². The predicted molar refractivity (Wildman–Crippen MR) is 136 cm³/mol. The number of allylic oxidation sites excluding steroid dienone is 1. The highest BCUT2D eigenvalue weighted by molar-refractivity contribution is 5.90. The lowest BCUT2D eigenvalue weighted by Crippen LogP contribution is -2.50. The molecular weight excluding hydrogens is 539 g/mol. The van der Waals surface area contributed by atoms with Crippen molar-refractivity contribution in [2.75, 3.05) is 6.54 Å². The van der Waals surface area contributed by atoms with Gasteiger partial charge in [0.25, 0.3) is 0 Å². The largest absolute Gasteiger partial charge is 0.435 e. The van der Waals surface area contributed by atoms with Crippen molar-refractivity contribution in [2.24, 2.45) is 23.2 Å². The molecule has 3 aliphatic rings. The number of carbonyl (C=O) groups is 2. The van der Waals surface area contributed by atoms with Gasteiger partial charge in [-0.3, -0.25) is 9.59 Å². The zero-order valence-electron chi connectivity index (χ0n) is 23.0. The van der Waals surface area contributed by atoms with E-state index in [0.29, 0.717) is 62.3 Å². The molecule has 4 rings (SSSR count). The number of fused-ring (bicyclic) bond motifs is 3. The molecule has 0 aromatic heterocycles. The van der Waals surface area contributed by atoms with Crippen LogP contribution in [-0.4, -0.2) is 41.5 Å². The smallest absolute Gasteiger partial charge is 0.339 e. The highest BCUT2D eigenvalue weighted by Crippen LogP contribution is 2.54. The molecule has 0 radical (unpaired) electrons. The van der Waals surface area contributed by atoms with Gasteiger partial charge in [0.15, 0.2) is 0 Å². The van der Waals surface area contributed by atoms with E-state index in [0.717, 1.165) is 12.5 Å². The van der Waals surface area contributed by atoms with Crippen LogP contribution in [-0.2, 0) is 21.7 Å². The van der Waals surface area contributed by atoms with E-state index in [4.69, 9.17) is 0 Å². The molecule has 1 saturated carbocycles. The van der Waals surface area contributed by atoms with E-state index in [1.165, 1.54) is 0 Å². The average Bonchev–Trinajstić information content (AvgIpc) is 3.26. The van der Waals surface area contributed by atoms with Crippen molar-refractivity contribution in [2.45, 2.75) is 95.7 Å². The fourth-order valence-corrected chi connectivity index (χ4v) is 7.17. The molecule has 5 atom stereocenters. The van der Waals surface area contributed by atoms with E-state index in [1.54, 1.807) is 11.0 Å². The summed E-state index contributed by atoms with van der Waals surface area (Å²) >= 11 is 0. The van der Waals surface area contributed by atoms with Crippen molar-refractivity contribution in [1.82, 2.24) is 4.90 Å². The quantitative estimate of drug-likeness (QED) is 0.204. The third-order valence-electron chi connectivity index (χ3n) is 9.28. The van der Waals surface area contributed by atoms with Gasteiger partial charge in [0.05, 0.1) is 0 Å². The minimum atomic E-state index is -6.17. The first-order valence-electron chi connectivity index (χ1n) is 13.9. The van der Waals surface area contributed by atoms with Gasteiger partial charge in [0.2, 0.25) is 5.91 Å². The van der Waals surface area contributed by atoms with E-state index in [-0.39, 0.29) is 41.6 Å². The summed E-state index contributed by atoms with van der Waals surface area (Å²) in [5.74, 6) is -0.451. The Balaban J connectivity index is 1.57. The van der Waals surface area contributed by atoms with Gasteiger partial charge in [-0.25, -0.2) is 4.39 Å². The van der Waals surface area contributed by atoms with E-state index < -0.39 is 34.9 Å². The van der Waals surface area contributed by atoms with Crippen LogP contribution in [0.5, 0.6) is 0 Å². The number of benzene rings is 1. The molecule has 222 valence electrons. The molecule has 0 N–H and O–H groups in total. The van der Waals surface area contributed by atoms with Crippen LogP contribution in [0.2, 0.25) is 0 Å². The number of Topliss-reactive ketones (excluding diaryl/α,β-unsaturated/α-hetero) is 1. The minimum Gasteiger partial charge on any atom is -0.339 e. The average molecular weight is 576 g/mol. The molecule has 40 heavy (non-hydrogen) atoms. The fraction of sp³-hybridized carbons (Fsp3) is 0.667. The second-order valence-corrected chi connectivity index (χ2v) is 12.4. The molecule has 0 bridgehead atoms. The van der Waals surface area contributed by atoms with Crippen LogP contribution in [0.25, 0.3) is 0 Å². The van der Waals surface area contributed by atoms with Crippen LogP contribution in [0.3, 0.4) is 0 Å². The number of likely N-dealkylation sites (tertiary alicyclic amines) is 1. The normalized spacial score (nSPS) is 29.7. The zero-order valence-corrected chi connectivity index (χ0v) is 23.0. The predicted octanol–water partition coefficient (Wildman–Crippen LogP) is 7.83. The van der Waals surface area contributed by atoms with Crippen LogP contribution in [0.1, 0.15) is 81.9 Å². The van der Waals surface area contributed by atoms with Crippen LogP contribution in [0.4, 0.5) is 30.7 Å². The molecule has 1 aromatic carbocycles. The topological polar surface area (TPSA) is 37.4 Å². The van der Waals surface area contributed by atoms with Gasteiger partial charge in [0, 0.05) is 41.3 Å². The van der Waals surface area contributed by atoms with E-state index in [2.05, 4.69) is 20.4 Å². The molecular formula is C30H36F7NO2. The summed E-state index contributed by atoms with van der Waals surface area (Å²) in [4.78, 5) is 29.0. The van der Waals surface area contributed by atoms with Crippen LogP contribution in [0, 0.1) is 23.2 Å². The first-order chi connectivity index (χ1) is 18.4. The summed E-state index contributed by atoms with van der Waals surface area (Å²) < 4.78 is 94.5. The molecule has 0 spiro atoms. The third kappa shape index (κ3) is 5.08. The lowest BCUT2D eigenvalue weighted by Gasteiger charge is -2.37. The van der Waals surface area contributed by atoms with Crippen LogP contribution in [0.15, 0.2) is 30.9 Å². The number of carbonyl (C=O) groups excluding carboxylic acids is 2. The Kier molecular flexibility index (Phi) is 8.00. The Morgan fingerprint density at radius 2 is 1.73 bits per heavy atom. The summed E-state index contributed by atoms with van der Waals surface area (Å²) in [7, 11) is 0. The lowest BCUT2D eigenvalue weighted by molar-refractivity contribution is -0.348. The first kappa shape index (κ1) is 30.6. The number of alkyl halides is 7. The van der Waals surface area contributed by atoms with Gasteiger partial charge in [0.1, 0.15) is 5.78 Å². The number of rotatable bonds is 5. The third-order valence-corrected chi connectivity index (χ3v) is 9.28. The summed E-state index contributed by atoms with van der Waals surface area (Å²) in [6, 6.07) is 2.18. The Morgan fingerprint density at radius 3 is 2.30 bits per heavy atom. The number of aryl methyl sites for hydroxylation is 1. The van der Waals surface area contributed by atoms with Gasteiger partial charge in [-0.1, -0.05) is 38.1 Å². The fourth-order valence-electron chi connectivity index (χ4n) is 7.17. The lowest BCUT2D eigenvalue weighted by atomic mass is 9.74. The van der Waals surface area contributed by atoms with Crippen molar-refractivity contribution in [3.05, 3.63) is 47.5 Å². The molecule has 1 amide bonds. The van der Waals surface area contributed by atoms with Gasteiger partial charge in [-0.05, 0) is 68.9 Å². The highest BCUT2D eigenvalue weighted by atomic mass is 19.4. The second kappa shape index (κ2) is 10.5. The van der Waals surface area contributed by atoms with Gasteiger partial charge in [-0.2, -0.15) is 26.3 Å². The van der Waals surface area contributed by atoms with Crippen molar-refractivity contribution >= 4 is 11.7 Å². The molecule has 2 fully saturated rings. The number of nitrogens with zero attached hydrogens (tertiary/aromatic N) is 1. The second-order valence-electron chi connectivity index (χ2n) is 12.4. The number of halogens is 7. The molecule has 1 aromatic rings. The Morgan fingerprint density at radius 1 is 1.07 bits per heavy atom. The zero-order chi connectivity index (χ0) is 29.8. The maximum absolute atomic E-state index is 14.7. The Labute approximate surface area is 230 Å². The van der Waals surface area contributed by atoms with Crippen molar-refractivity contribution in [3.8, 4) is 0 Å². The van der Waals surface area contributed by atoms with Crippen molar-refractivity contribution < 1.29 is 40.3 Å². The number of hydrogen-bond acceptors (Lipinski definition) is 2. The van der Waals surface area contributed by atoms with Crippen molar-refractivity contribution in [3.63, 3.8) is 0 Å². The summed E-state index contributed by atoms with van der Waals surface area (Å²) in [5.41, 5.74) is -6.96. The van der Waals surface area contributed by atoms with Crippen molar-refractivity contribution in [1.29, 1.82) is 0 Å². The number of amides is 1. The summed E-state index contributed by atoms with van der Waals surface area (Å²) in [6.45, 7) is 10.2. The van der Waals surface area contributed by atoms with Crippen LogP contribution >= 0.6 is 0 Å². The van der Waals surface area contributed by atoms with Gasteiger partial charge in [-0.15, -0.1) is 6.58 Å². The highest BCUT2D eigenvalue weighted by Gasteiger charge is 2.73. The monoisotopic (exact) mass is 575 g/mol. The molecule has 3 nitrogen and oxygen atoms in total. The standard InChI is InChI=1S/C30H36F7NO2/c1-5-27(4)16-20(7-6-19(25(27)39)14-17(2)3)26(40)38-13-12-23-22-10-9-21(15-18(22)8-11-24(23)38)28(31,29(32,33)34)30(35,36)37/h5,9-10,15,17,19-20,23-24H,1,6-8,11-14,16H2,2-4H3/t19?,20-,23-,24+,27+/m0/s1. The van der Waals surface area contributed by atoms with E-state index >= 15 is 0 Å². The first-order valence-corrected chi connectivity index (χ1v) is 13.9. The molecule has 10 heteroatoms. The minimum absolute atomic E-state index is 0.0736. The SMILES string of the molecule is C=C[C@]1(C)C[C@@H](C(=O)N2CC[C@H]3c4ccc(C(F)(C(F)(F)F)C(F)(F)F)cc4CC[C@H]32)CCC(CC(C)C)C1=O. The maximum Gasteiger partial charge on any atom is 0.435 e. The summed E-state index contributed by atoms with van der Waals surface area (Å²) in [5, 5.41) is 0. The summed E-state index contributed by atoms with van der Waals surface area (Å²) in [6.07, 6.45) is -7.45. The number of ketones is 1. The molecule has 1 aliphatic heterocycles. The van der Waals surface area contributed by atoms with E-state index in [1.807, 2.05) is 6.92 Å². The number of hydrogen-bond donors (Lipinski definition) is 0. The Hall–Kier alpha value is -2.39. The van der Waals surface area contributed by atoms with Crippen LogP contribution < -0.4 is 0 Å². The van der Waals surface area contributed by atoms with Gasteiger partial charge < -0.3 is 4.90 Å². The Bertz CT molecular complexity index is 1140. The van der Waals surface area contributed by atoms with Gasteiger partial charge >= 0.3 is 18.0 Å².